The van der Waals surface area contributed by atoms with Gasteiger partial charge >= 0.3 is 0 Å². The van der Waals surface area contributed by atoms with Crippen LogP contribution in [0.25, 0.3) is 0 Å². The molecule has 2 aromatic carbocycles. The first-order valence-corrected chi connectivity index (χ1v) is 6.90. The van der Waals surface area contributed by atoms with Crippen LogP contribution in [0.1, 0.15) is 31.0 Å². The summed E-state index contributed by atoms with van der Waals surface area (Å²) in [6, 6.07) is 11.3. The van der Waals surface area contributed by atoms with E-state index in [1.165, 1.54) is 6.07 Å². The number of benzene rings is 2. The molecule has 0 saturated heterocycles. The van der Waals surface area contributed by atoms with Gasteiger partial charge in [0.25, 0.3) is 0 Å². The van der Waals surface area contributed by atoms with Crippen molar-refractivity contribution in [1.82, 2.24) is 5.32 Å². The van der Waals surface area contributed by atoms with Crippen molar-refractivity contribution in [1.29, 1.82) is 0 Å². The first kappa shape index (κ1) is 15.4. The highest BCUT2D eigenvalue weighted by atomic mass is 19.2. The lowest BCUT2D eigenvalue weighted by atomic mass is 9.98. The monoisotopic (exact) mass is 291 g/mol. The topological polar surface area (TPSA) is 21.3 Å². The number of hydrogen-bond donors (Lipinski definition) is 1. The largest absolute Gasteiger partial charge is 0.491 e. The normalized spacial score (nSPS) is 12.5. The first-order chi connectivity index (χ1) is 10.0. The molecule has 0 aliphatic carbocycles. The van der Waals surface area contributed by atoms with Gasteiger partial charge in [0.1, 0.15) is 5.75 Å². The van der Waals surface area contributed by atoms with E-state index >= 15 is 0 Å². The zero-order valence-corrected chi connectivity index (χ0v) is 12.4. The van der Waals surface area contributed by atoms with Crippen LogP contribution in [0.2, 0.25) is 0 Å². The Kier molecular flexibility index (Phi) is 4.91. The van der Waals surface area contributed by atoms with E-state index in [1.54, 1.807) is 13.1 Å². The van der Waals surface area contributed by atoms with Gasteiger partial charge in [0.2, 0.25) is 0 Å². The molecule has 1 N–H and O–H groups in total. The number of rotatable bonds is 5. The quantitative estimate of drug-likeness (QED) is 0.897. The predicted molar refractivity (Wildman–Crippen MR) is 79.5 cm³/mol. The van der Waals surface area contributed by atoms with Crippen molar-refractivity contribution in [3.05, 3.63) is 65.2 Å². The lowest BCUT2D eigenvalue weighted by Gasteiger charge is -2.19. The van der Waals surface area contributed by atoms with Gasteiger partial charge in [-0.15, -0.1) is 0 Å². The third-order valence-electron chi connectivity index (χ3n) is 3.13. The average molecular weight is 291 g/mol. The maximum absolute atomic E-state index is 13.4. The summed E-state index contributed by atoms with van der Waals surface area (Å²) in [7, 11) is 1.78. The van der Waals surface area contributed by atoms with Crippen LogP contribution in [0.4, 0.5) is 8.78 Å². The molecule has 0 aliphatic heterocycles. The Bertz CT molecular complexity index is 613. The Morgan fingerprint density at radius 2 is 1.67 bits per heavy atom. The second-order valence-electron chi connectivity index (χ2n) is 5.13. The van der Waals surface area contributed by atoms with Crippen molar-refractivity contribution in [3.63, 3.8) is 0 Å². The van der Waals surface area contributed by atoms with E-state index in [4.69, 9.17) is 4.74 Å². The van der Waals surface area contributed by atoms with Crippen LogP contribution in [-0.2, 0) is 0 Å². The van der Waals surface area contributed by atoms with Crippen molar-refractivity contribution in [3.8, 4) is 5.75 Å². The van der Waals surface area contributed by atoms with Gasteiger partial charge in [-0.25, -0.2) is 8.78 Å². The number of ether oxygens (including phenoxy) is 1. The Morgan fingerprint density at radius 1 is 0.952 bits per heavy atom. The second-order valence-corrected chi connectivity index (χ2v) is 5.13. The van der Waals surface area contributed by atoms with Crippen LogP contribution in [-0.4, -0.2) is 13.2 Å². The fourth-order valence-corrected chi connectivity index (χ4v) is 2.26. The van der Waals surface area contributed by atoms with Gasteiger partial charge in [0.05, 0.1) is 12.1 Å². The number of hydrogen-bond acceptors (Lipinski definition) is 2. The summed E-state index contributed by atoms with van der Waals surface area (Å²) in [6.45, 7) is 3.91. The van der Waals surface area contributed by atoms with Crippen molar-refractivity contribution < 1.29 is 13.5 Å². The molecule has 0 spiro atoms. The Hall–Kier alpha value is -1.94. The van der Waals surface area contributed by atoms with Crippen molar-refractivity contribution in [2.24, 2.45) is 0 Å². The Balaban J connectivity index is 2.34. The summed E-state index contributed by atoms with van der Waals surface area (Å²) < 4.78 is 32.1. The SMILES string of the molecule is CNC(c1cccc(OC(C)C)c1)c1ccc(F)c(F)c1. The maximum atomic E-state index is 13.4. The highest BCUT2D eigenvalue weighted by Crippen LogP contribution is 2.26. The van der Waals surface area contributed by atoms with Crippen LogP contribution in [0.15, 0.2) is 42.5 Å². The fraction of sp³-hybridized carbons (Fsp3) is 0.294. The van der Waals surface area contributed by atoms with Crippen molar-refractivity contribution >= 4 is 0 Å². The molecule has 4 heteroatoms. The van der Waals surface area contributed by atoms with Gasteiger partial charge in [0.15, 0.2) is 11.6 Å². The molecule has 0 heterocycles. The summed E-state index contributed by atoms with van der Waals surface area (Å²) in [6.07, 6.45) is 0.0801. The minimum absolute atomic E-state index is 0.0801. The Labute approximate surface area is 123 Å². The summed E-state index contributed by atoms with van der Waals surface area (Å²) in [5, 5.41) is 3.12. The molecular formula is C17H19F2NO. The van der Waals surface area contributed by atoms with Gasteiger partial charge in [-0.3, -0.25) is 0 Å². The third kappa shape index (κ3) is 3.79. The molecule has 112 valence electrons. The number of halogens is 2. The molecule has 2 nitrogen and oxygen atoms in total. The zero-order chi connectivity index (χ0) is 15.4. The molecule has 0 fully saturated rings. The van der Waals surface area contributed by atoms with Gasteiger partial charge in [-0.2, -0.15) is 0 Å². The van der Waals surface area contributed by atoms with Crippen LogP contribution in [0, 0.1) is 11.6 Å². The first-order valence-electron chi connectivity index (χ1n) is 6.90. The fourth-order valence-electron chi connectivity index (χ4n) is 2.26. The van der Waals surface area contributed by atoms with Gasteiger partial charge in [0, 0.05) is 0 Å². The van der Waals surface area contributed by atoms with Gasteiger partial charge < -0.3 is 10.1 Å². The minimum atomic E-state index is -0.845. The van der Waals surface area contributed by atoms with E-state index in [0.29, 0.717) is 5.56 Å². The van der Waals surface area contributed by atoms with Crippen molar-refractivity contribution in [2.45, 2.75) is 26.0 Å². The molecule has 0 bridgehead atoms. The highest BCUT2D eigenvalue weighted by molar-refractivity contribution is 5.37. The van der Waals surface area contributed by atoms with E-state index in [-0.39, 0.29) is 12.1 Å². The molecule has 2 aromatic rings. The maximum Gasteiger partial charge on any atom is 0.159 e. The van der Waals surface area contributed by atoms with E-state index in [0.717, 1.165) is 17.4 Å². The third-order valence-corrected chi connectivity index (χ3v) is 3.13. The summed E-state index contributed by atoms with van der Waals surface area (Å²) in [5.74, 6) is -0.932. The zero-order valence-electron chi connectivity index (χ0n) is 12.4. The molecule has 0 radical (unpaired) electrons. The van der Waals surface area contributed by atoms with Crippen LogP contribution < -0.4 is 10.1 Å². The average Bonchev–Trinajstić information content (AvgIpc) is 2.43. The van der Waals surface area contributed by atoms with Crippen LogP contribution in [0.3, 0.4) is 0 Å². The van der Waals surface area contributed by atoms with E-state index < -0.39 is 11.6 Å². The molecule has 0 saturated carbocycles. The Morgan fingerprint density at radius 3 is 2.29 bits per heavy atom. The van der Waals surface area contributed by atoms with E-state index in [1.807, 2.05) is 38.1 Å². The predicted octanol–water partition coefficient (Wildman–Crippen LogP) is 4.06. The van der Waals surface area contributed by atoms with E-state index in [9.17, 15) is 8.78 Å². The lowest BCUT2D eigenvalue weighted by Crippen LogP contribution is -2.18. The summed E-state index contributed by atoms with van der Waals surface area (Å²) >= 11 is 0. The van der Waals surface area contributed by atoms with Crippen LogP contribution in [0.5, 0.6) is 5.75 Å². The standard InChI is InChI=1S/C17H19F2NO/c1-11(2)21-14-6-4-5-12(9-14)17(20-3)13-7-8-15(18)16(19)10-13/h4-11,17,20H,1-3H3. The van der Waals surface area contributed by atoms with Gasteiger partial charge in [-0.05, 0) is 56.3 Å². The molecule has 21 heavy (non-hydrogen) atoms. The highest BCUT2D eigenvalue weighted by Gasteiger charge is 2.15. The van der Waals surface area contributed by atoms with Crippen molar-refractivity contribution in [2.75, 3.05) is 7.05 Å². The molecule has 1 unspecified atom stereocenters. The molecule has 0 amide bonds. The second kappa shape index (κ2) is 6.68. The number of nitrogens with one attached hydrogen (secondary N) is 1. The van der Waals surface area contributed by atoms with Crippen LogP contribution >= 0.6 is 0 Å². The molecule has 0 aromatic heterocycles. The molecule has 0 aliphatic rings. The van der Waals surface area contributed by atoms with E-state index in [2.05, 4.69) is 5.32 Å². The minimum Gasteiger partial charge on any atom is -0.491 e. The molecular weight excluding hydrogens is 272 g/mol. The summed E-state index contributed by atoms with van der Waals surface area (Å²) in [5.41, 5.74) is 1.60. The van der Waals surface area contributed by atoms with Gasteiger partial charge in [-0.1, -0.05) is 18.2 Å². The smallest absolute Gasteiger partial charge is 0.159 e. The summed E-state index contributed by atoms with van der Waals surface area (Å²) in [4.78, 5) is 0. The molecule has 2 rings (SSSR count). The lowest BCUT2D eigenvalue weighted by molar-refractivity contribution is 0.242. The molecule has 1 atom stereocenters.